The zero-order valence-electron chi connectivity index (χ0n) is 24.6. The molecular weight excluding hydrogens is 798 g/mol. The number of Topliss-reactive ketones (excluding diaryl/α,β-unsaturated/α-hetero) is 1. The predicted octanol–water partition coefficient (Wildman–Crippen LogP) is 7.12. The zero-order chi connectivity index (χ0) is 33.3. The van der Waals surface area contributed by atoms with Crippen molar-refractivity contribution in [3.8, 4) is 11.5 Å². The SMILES string of the molecule is COc1cc([C@H]2C3=CC[C@@H]4C(=O)N(c5ccc(C(=O)c6ccccc6)cc5)C(=O)[C@@H]4[C@@H]3CC3=C2C(=O)C=C(Br)C3=O)c(Br)c(Br)c1O. The van der Waals surface area contributed by atoms with Crippen LogP contribution in [0.25, 0.3) is 0 Å². The van der Waals surface area contributed by atoms with Crippen LogP contribution in [-0.4, -0.2) is 41.4 Å². The first kappa shape index (κ1) is 31.7. The quantitative estimate of drug-likeness (QED) is 0.126. The number of hydrogen-bond donors (Lipinski definition) is 1. The van der Waals surface area contributed by atoms with Crippen LogP contribution in [0.1, 0.15) is 40.2 Å². The number of methoxy groups -OCH3 is 1. The second-order valence-electron chi connectivity index (χ2n) is 11.8. The van der Waals surface area contributed by atoms with Crippen LogP contribution in [0.3, 0.4) is 0 Å². The minimum absolute atomic E-state index is 0.109. The molecule has 0 spiro atoms. The number of allylic oxidation sites excluding steroid dienone is 6. The number of imide groups is 1. The third-order valence-electron chi connectivity index (χ3n) is 9.46. The Balaban J connectivity index is 1.29. The van der Waals surface area contributed by atoms with Gasteiger partial charge >= 0.3 is 0 Å². The molecule has 236 valence electrons. The van der Waals surface area contributed by atoms with E-state index in [1.54, 1.807) is 54.6 Å². The molecular formula is C36H24Br3NO7. The summed E-state index contributed by atoms with van der Waals surface area (Å²) in [5.74, 6) is -4.34. The van der Waals surface area contributed by atoms with E-state index >= 15 is 0 Å². The maximum atomic E-state index is 14.3. The van der Waals surface area contributed by atoms with Crippen molar-refractivity contribution < 1.29 is 33.8 Å². The van der Waals surface area contributed by atoms with Crippen molar-refractivity contribution in [2.45, 2.75) is 18.8 Å². The van der Waals surface area contributed by atoms with Gasteiger partial charge in [0.25, 0.3) is 0 Å². The molecule has 8 nitrogen and oxygen atoms in total. The summed E-state index contributed by atoms with van der Waals surface area (Å²) >= 11 is 10.2. The van der Waals surface area contributed by atoms with Crippen LogP contribution in [-0.2, 0) is 19.2 Å². The molecule has 11 heteroatoms. The van der Waals surface area contributed by atoms with Gasteiger partial charge in [-0.3, -0.25) is 28.9 Å². The number of nitrogens with zero attached hydrogens (tertiary/aromatic N) is 1. The van der Waals surface area contributed by atoms with E-state index in [-0.39, 0.29) is 57.7 Å². The lowest BCUT2D eigenvalue weighted by molar-refractivity contribution is -0.123. The summed E-state index contributed by atoms with van der Waals surface area (Å²) in [6.07, 6.45) is 3.55. The van der Waals surface area contributed by atoms with Gasteiger partial charge in [0.1, 0.15) is 0 Å². The molecule has 1 heterocycles. The Bertz CT molecular complexity index is 2030. The highest BCUT2D eigenvalue weighted by molar-refractivity contribution is 9.13. The predicted molar refractivity (Wildman–Crippen MR) is 183 cm³/mol. The van der Waals surface area contributed by atoms with E-state index in [1.807, 2.05) is 12.1 Å². The molecule has 3 aliphatic carbocycles. The van der Waals surface area contributed by atoms with E-state index in [9.17, 15) is 29.1 Å². The molecule has 0 bridgehead atoms. The number of ketones is 3. The van der Waals surface area contributed by atoms with Crippen LogP contribution in [0.4, 0.5) is 5.69 Å². The van der Waals surface area contributed by atoms with Crippen molar-refractivity contribution in [3.05, 3.63) is 120 Å². The van der Waals surface area contributed by atoms with E-state index in [0.29, 0.717) is 36.9 Å². The van der Waals surface area contributed by atoms with E-state index in [4.69, 9.17) is 4.74 Å². The highest BCUT2D eigenvalue weighted by Gasteiger charge is 2.57. The molecule has 3 aromatic carbocycles. The highest BCUT2D eigenvalue weighted by Crippen LogP contribution is 2.58. The largest absolute Gasteiger partial charge is 0.503 e. The number of carbonyl (C=O) groups excluding carboxylic acids is 5. The summed E-state index contributed by atoms with van der Waals surface area (Å²) in [5, 5.41) is 10.7. The Kier molecular flexibility index (Phi) is 8.05. The normalized spacial score (nSPS) is 23.6. The summed E-state index contributed by atoms with van der Waals surface area (Å²) in [7, 11) is 1.41. The summed E-state index contributed by atoms with van der Waals surface area (Å²) in [6.45, 7) is 0. The molecule has 1 saturated heterocycles. The van der Waals surface area contributed by atoms with E-state index < -0.39 is 29.6 Å². The standard InChI is InChI=1S/C36H24Br3NO7/c1-47-26-14-22(30(38)31(39)34(26)44)27-19-11-12-20-28(21(19)13-23-29(27)25(41)15-24(37)33(23)43)36(46)40(35(20)45)18-9-7-17(8-10-18)32(42)16-5-3-2-4-6-16/h2-11,14-15,20-21,27-28,44H,12-13H2,1H3/t20-,21+,27+,28-/m0/s1. The third kappa shape index (κ3) is 4.93. The van der Waals surface area contributed by atoms with E-state index in [0.717, 1.165) is 5.57 Å². The number of halogens is 3. The van der Waals surface area contributed by atoms with Gasteiger partial charge in [0.2, 0.25) is 11.8 Å². The van der Waals surface area contributed by atoms with Crippen molar-refractivity contribution >= 4 is 82.6 Å². The van der Waals surface area contributed by atoms with Gasteiger partial charge in [0.05, 0.1) is 33.6 Å². The zero-order valence-corrected chi connectivity index (χ0v) is 29.4. The molecule has 0 radical (unpaired) electrons. The molecule has 3 aromatic rings. The van der Waals surface area contributed by atoms with Crippen LogP contribution >= 0.6 is 47.8 Å². The summed E-state index contributed by atoms with van der Waals surface area (Å²) in [6, 6.07) is 16.9. The molecule has 1 fully saturated rings. The lowest BCUT2D eigenvalue weighted by Crippen LogP contribution is -2.39. The Labute approximate surface area is 294 Å². The molecule has 7 rings (SSSR count). The lowest BCUT2D eigenvalue weighted by Gasteiger charge is -2.42. The number of benzene rings is 3. The van der Waals surface area contributed by atoms with Gasteiger partial charge in [0.15, 0.2) is 28.8 Å². The van der Waals surface area contributed by atoms with Crippen molar-refractivity contribution in [2.24, 2.45) is 17.8 Å². The van der Waals surface area contributed by atoms with Crippen LogP contribution in [0.15, 0.2) is 103 Å². The number of carbonyl (C=O) groups is 5. The maximum absolute atomic E-state index is 14.3. The minimum atomic E-state index is -0.779. The Morgan fingerprint density at radius 1 is 0.894 bits per heavy atom. The first-order valence-electron chi connectivity index (χ1n) is 14.7. The Morgan fingerprint density at radius 2 is 1.57 bits per heavy atom. The van der Waals surface area contributed by atoms with Crippen LogP contribution in [0.2, 0.25) is 0 Å². The minimum Gasteiger partial charge on any atom is -0.503 e. The van der Waals surface area contributed by atoms with Gasteiger partial charge in [-0.1, -0.05) is 42.0 Å². The van der Waals surface area contributed by atoms with Gasteiger partial charge in [-0.15, -0.1) is 0 Å². The number of ether oxygens (including phenoxy) is 1. The number of rotatable bonds is 5. The molecule has 4 aliphatic rings. The maximum Gasteiger partial charge on any atom is 0.238 e. The number of phenols is 1. The van der Waals surface area contributed by atoms with Gasteiger partial charge in [0, 0.05) is 38.7 Å². The summed E-state index contributed by atoms with van der Waals surface area (Å²) in [4.78, 5) is 69.5. The van der Waals surface area contributed by atoms with E-state index in [1.165, 1.54) is 18.1 Å². The summed E-state index contributed by atoms with van der Waals surface area (Å²) in [5.41, 5.74) is 3.22. The second-order valence-corrected chi connectivity index (χ2v) is 14.2. The number of phenolic OH excluding ortho intramolecular Hbond substituents is 1. The fourth-order valence-corrected chi connectivity index (χ4v) is 8.71. The molecule has 47 heavy (non-hydrogen) atoms. The molecule has 1 aliphatic heterocycles. The smallest absolute Gasteiger partial charge is 0.238 e. The van der Waals surface area contributed by atoms with Crippen LogP contribution in [0, 0.1) is 17.8 Å². The van der Waals surface area contributed by atoms with Gasteiger partial charge in [-0.2, -0.15) is 0 Å². The molecule has 2 amide bonds. The molecule has 4 atom stereocenters. The average molecular weight is 822 g/mol. The molecule has 1 N–H and O–H groups in total. The second kappa shape index (κ2) is 11.9. The van der Waals surface area contributed by atoms with Crippen LogP contribution in [0.5, 0.6) is 11.5 Å². The number of fused-ring (bicyclic) bond motifs is 3. The Hall–Kier alpha value is -3.93. The molecule has 0 aromatic heterocycles. The average Bonchev–Trinajstić information content (AvgIpc) is 3.34. The molecule has 0 unspecified atom stereocenters. The number of amides is 2. The van der Waals surface area contributed by atoms with E-state index in [2.05, 4.69) is 47.8 Å². The fourth-order valence-electron chi connectivity index (χ4n) is 7.31. The number of anilines is 1. The topological polar surface area (TPSA) is 118 Å². The fraction of sp³-hybridized carbons (Fsp3) is 0.194. The Morgan fingerprint density at radius 3 is 2.26 bits per heavy atom. The number of aromatic hydroxyl groups is 1. The van der Waals surface area contributed by atoms with Gasteiger partial charge < -0.3 is 9.84 Å². The third-order valence-corrected chi connectivity index (χ3v) is 12.2. The van der Waals surface area contributed by atoms with Crippen molar-refractivity contribution in [3.63, 3.8) is 0 Å². The monoisotopic (exact) mass is 819 g/mol. The molecule has 0 saturated carbocycles. The van der Waals surface area contributed by atoms with Crippen LogP contribution < -0.4 is 9.64 Å². The first-order chi connectivity index (χ1) is 22.5. The van der Waals surface area contributed by atoms with Crippen molar-refractivity contribution in [1.82, 2.24) is 0 Å². The summed E-state index contributed by atoms with van der Waals surface area (Å²) < 4.78 is 6.33. The first-order valence-corrected chi connectivity index (χ1v) is 17.1. The highest BCUT2D eigenvalue weighted by atomic mass is 79.9. The van der Waals surface area contributed by atoms with Gasteiger partial charge in [-0.25, -0.2) is 0 Å². The van der Waals surface area contributed by atoms with Crippen molar-refractivity contribution in [1.29, 1.82) is 0 Å². The number of hydrogen-bond acceptors (Lipinski definition) is 7. The van der Waals surface area contributed by atoms with Gasteiger partial charge in [-0.05, 0) is 102 Å². The van der Waals surface area contributed by atoms with Crippen molar-refractivity contribution in [2.75, 3.05) is 12.0 Å². The lowest BCUT2D eigenvalue weighted by atomic mass is 9.59.